The van der Waals surface area contributed by atoms with Gasteiger partial charge in [-0.3, -0.25) is 14.4 Å². The second-order valence-corrected chi connectivity index (χ2v) is 7.33. The van der Waals surface area contributed by atoms with Gasteiger partial charge in [-0.25, -0.2) is 0 Å². The number of benzene rings is 3. The lowest BCUT2D eigenvalue weighted by Crippen LogP contribution is -2.21. The molecule has 5 heteroatoms. The lowest BCUT2D eigenvalue weighted by molar-refractivity contribution is -0.116. The first-order valence-corrected chi connectivity index (χ1v) is 9.78. The SMILES string of the molecule is O=C(CCn1ccc2ccccc21)Nc1ccc2c(c1)C(=O)c1ccccc1C2=O. The number of rotatable bonds is 4. The Morgan fingerprint density at radius 1 is 0.767 bits per heavy atom. The van der Waals surface area contributed by atoms with E-state index in [1.54, 1.807) is 42.5 Å². The highest BCUT2D eigenvalue weighted by Gasteiger charge is 2.29. The molecule has 0 spiro atoms. The Morgan fingerprint density at radius 3 is 2.23 bits per heavy atom. The number of ketones is 2. The first-order valence-electron chi connectivity index (χ1n) is 9.78. The molecule has 0 saturated carbocycles. The van der Waals surface area contributed by atoms with E-state index in [1.807, 2.05) is 41.1 Å². The van der Waals surface area contributed by atoms with Crippen molar-refractivity contribution in [3.8, 4) is 0 Å². The van der Waals surface area contributed by atoms with Crippen molar-refractivity contribution < 1.29 is 14.4 Å². The van der Waals surface area contributed by atoms with Crippen LogP contribution in [0.5, 0.6) is 0 Å². The topological polar surface area (TPSA) is 68.2 Å². The van der Waals surface area contributed by atoms with E-state index < -0.39 is 0 Å². The molecular weight excluding hydrogens is 376 g/mol. The lowest BCUT2D eigenvalue weighted by atomic mass is 9.84. The summed E-state index contributed by atoms with van der Waals surface area (Å²) in [6.45, 7) is 0.551. The zero-order valence-corrected chi connectivity index (χ0v) is 16.1. The van der Waals surface area contributed by atoms with E-state index in [-0.39, 0.29) is 17.5 Å². The van der Waals surface area contributed by atoms with Gasteiger partial charge in [-0.2, -0.15) is 0 Å². The number of anilines is 1. The van der Waals surface area contributed by atoms with Crippen LogP contribution in [0.1, 0.15) is 38.3 Å². The summed E-state index contributed by atoms with van der Waals surface area (Å²) in [5.74, 6) is -0.518. The Bertz CT molecular complexity index is 1330. The predicted molar refractivity (Wildman–Crippen MR) is 115 cm³/mol. The molecule has 3 aromatic carbocycles. The molecule has 1 heterocycles. The van der Waals surface area contributed by atoms with Crippen LogP contribution < -0.4 is 5.32 Å². The number of carbonyl (C=O) groups excluding carboxylic acids is 3. The maximum Gasteiger partial charge on any atom is 0.226 e. The van der Waals surface area contributed by atoms with Crippen molar-refractivity contribution in [2.75, 3.05) is 5.32 Å². The average molecular weight is 394 g/mol. The Balaban J connectivity index is 1.33. The van der Waals surface area contributed by atoms with Crippen molar-refractivity contribution in [1.29, 1.82) is 0 Å². The molecule has 5 nitrogen and oxygen atoms in total. The molecule has 1 aliphatic rings. The van der Waals surface area contributed by atoms with E-state index in [1.165, 1.54) is 0 Å². The molecule has 1 aromatic heterocycles. The quantitative estimate of drug-likeness (QED) is 0.490. The van der Waals surface area contributed by atoms with E-state index >= 15 is 0 Å². The third-order valence-electron chi connectivity index (χ3n) is 5.47. The molecule has 1 N–H and O–H groups in total. The monoisotopic (exact) mass is 394 g/mol. The summed E-state index contributed by atoms with van der Waals surface area (Å²) in [4.78, 5) is 38.0. The van der Waals surface area contributed by atoms with Crippen LogP contribution in [0.4, 0.5) is 5.69 Å². The summed E-state index contributed by atoms with van der Waals surface area (Å²) in [7, 11) is 0. The number of hydrogen-bond donors (Lipinski definition) is 1. The van der Waals surface area contributed by atoms with Gasteiger partial charge in [0, 0.05) is 52.6 Å². The molecule has 1 amide bonds. The van der Waals surface area contributed by atoms with Crippen LogP contribution in [-0.4, -0.2) is 22.0 Å². The van der Waals surface area contributed by atoms with Gasteiger partial charge in [0.15, 0.2) is 11.6 Å². The van der Waals surface area contributed by atoms with Crippen molar-refractivity contribution in [1.82, 2.24) is 4.57 Å². The first-order chi connectivity index (χ1) is 14.6. The number of nitrogens with one attached hydrogen (secondary N) is 1. The highest BCUT2D eigenvalue weighted by Crippen LogP contribution is 2.29. The fourth-order valence-corrected chi connectivity index (χ4v) is 3.96. The van der Waals surface area contributed by atoms with Crippen molar-refractivity contribution in [2.24, 2.45) is 0 Å². The van der Waals surface area contributed by atoms with Crippen molar-refractivity contribution in [3.63, 3.8) is 0 Å². The van der Waals surface area contributed by atoms with Crippen molar-refractivity contribution in [3.05, 3.63) is 101 Å². The standard InChI is InChI=1S/C25H18N2O3/c28-23(12-14-27-13-11-16-5-1-4-8-22(16)27)26-17-9-10-20-21(15-17)25(30)19-7-3-2-6-18(19)24(20)29/h1-11,13,15H,12,14H2,(H,26,28). The minimum absolute atomic E-state index is 0.150. The number of para-hydroxylation sites is 1. The van der Waals surface area contributed by atoms with Crippen LogP contribution in [0, 0.1) is 0 Å². The van der Waals surface area contributed by atoms with Gasteiger partial charge in [0.1, 0.15) is 0 Å². The molecule has 5 rings (SSSR count). The second-order valence-electron chi connectivity index (χ2n) is 7.33. The lowest BCUT2D eigenvalue weighted by Gasteiger charge is -2.18. The number of hydrogen-bond acceptors (Lipinski definition) is 3. The van der Waals surface area contributed by atoms with Gasteiger partial charge in [0.2, 0.25) is 5.91 Å². The number of nitrogens with zero attached hydrogens (tertiary/aromatic N) is 1. The molecule has 146 valence electrons. The maximum atomic E-state index is 12.8. The third kappa shape index (κ3) is 3.01. The minimum Gasteiger partial charge on any atom is -0.347 e. The zero-order chi connectivity index (χ0) is 20.7. The van der Waals surface area contributed by atoms with E-state index in [4.69, 9.17) is 0 Å². The molecule has 30 heavy (non-hydrogen) atoms. The Kier molecular flexibility index (Phi) is 4.29. The molecule has 0 radical (unpaired) electrons. The molecule has 0 fully saturated rings. The Labute approximate surface area is 172 Å². The summed E-state index contributed by atoms with van der Waals surface area (Å²) in [6.07, 6.45) is 2.27. The smallest absolute Gasteiger partial charge is 0.226 e. The largest absolute Gasteiger partial charge is 0.347 e. The van der Waals surface area contributed by atoms with Crippen LogP contribution in [0.25, 0.3) is 10.9 Å². The van der Waals surface area contributed by atoms with Crippen LogP contribution >= 0.6 is 0 Å². The summed E-state index contributed by atoms with van der Waals surface area (Å²) in [5.41, 5.74) is 3.12. The van der Waals surface area contributed by atoms with Gasteiger partial charge >= 0.3 is 0 Å². The zero-order valence-electron chi connectivity index (χ0n) is 16.1. The summed E-state index contributed by atoms with van der Waals surface area (Å²) >= 11 is 0. The van der Waals surface area contributed by atoms with E-state index in [0.717, 1.165) is 10.9 Å². The summed E-state index contributed by atoms with van der Waals surface area (Å²) in [6, 6.07) is 21.7. The normalized spacial score (nSPS) is 12.5. The molecule has 0 saturated heterocycles. The van der Waals surface area contributed by atoms with Crippen LogP contribution in [0.3, 0.4) is 0 Å². The van der Waals surface area contributed by atoms with Crippen molar-refractivity contribution in [2.45, 2.75) is 13.0 Å². The molecule has 0 aliphatic heterocycles. The molecule has 0 unspecified atom stereocenters. The molecule has 4 aromatic rings. The van der Waals surface area contributed by atoms with E-state index in [0.29, 0.717) is 40.9 Å². The maximum absolute atomic E-state index is 12.8. The Hall–Kier alpha value is -3.99. The van der Waals surface area contributed by atoms with Gasteiger partial charge in [0.25, 0.3) is 0 Å². The van der Waals surface area contributed by atoms with Gasteiger partial charge in [0.05, 0.1) is 0 Å². The highest BCUT2D eigenvalue weighted by atomic mass is 16.2. The fraction of sp³-hybridized carbons (Fsp3) is 0.0800. The number of aryl methyl sites for hydroxylation is 1. The van der Waals surface area contributed by atoms with E-state index in [2.05, 4.69) is 5.32 Å². The highest BCUT2D eigenvalue weighted by molar-refractivity contribution is 6.28. The minimum atomic E-state index is -0.199. The van der Waals surface area contributed by atoms with Gasteiger partial charge in [-0.05, 0) is 35.7 Å². The van der Waals surface area contributed by atoms with Gasteiger partial charge < -0.3 is 9.88 Å². The average Bonchev–Trinajstić information content (AvgIpc) is 3.19. The van der Waals surface area contributed by atoms with Gasteiger partial charge in [-0.15, -0.1) is 0 Å². The number of amides is 1. The van der Waals surface area contributed by atoms with Gasteiger partial charge in [-0.1, -0.05) is 42.5 Å². The Morgan fingerprint density at radius 2 is 1.43 bits per heavy atom. The predicted octanol–water partition coefficient (Wildman–Crippen LogP) is 4.45. The third-order valence-corrected chi connectivity index (χ3v) is 5.47. The molecule has 1 aliphatic carbocycles. The first kappa shape index (κ1) is 18.1. The fourth-order valence-electron chi connectivity index (χ4n) is 3.96. The van der Waals surface area contributed by atoms with Crippen LogP contribution in [0.15, 0.2) is 79.0 Å². The molecule has 0 bridgehead atoms. The van der Waals surface area contributed by atoms with Crippen molar-refractivity contribution >= 4 is 34.1 Å². The molecular formula is C25H18N2O3. The second kappa shape index (κ2) is 7.12. The van der Waals surface area contributed by atoms with Crippen LogP contribution in [0.2, 0.25) is 0 Å². The summed E-state index contributed by atoms with van der Waals surface area (Å²) in [5, 5.41) is 3.98. The number of carbonyl (C=O) groups is 3. The van der Waals surface area contributed by atoms with E-state index in [9.17, 15) is 14.4 Å². The number of aromatic nitrogens is 1. The number of fused-ring (bicyclic) bond motifs is 3. The summed E-state index contributed by atoms with van der Waals surface area (Å²) < 4.78 is 2.04. The molecule has 0 atom stereocenters. The van der Waals surface area contributed by atoms with Crippen LogP contribution in [-0.2, 0) is 11.3 Å².